The molecule has 1 aromatic rings. The molecule has 2 unspecified atom stereocenters. The maximum absolute atomic E-state index is 11.8. The Labute approximate surface area is 129 Å². The third-order valence-corrected chi connectivity index (χ3v) is 4.59. The molecule has 0 spiro atoms. The van der Waals surface area contributed by atoms with Crippen LogP contribution >= 0.6 is 0 Å². The summed E-state index contributed by atoms with van der Waals surface area (Å²) in [5, 5.41) is 9.46. The minimum absolute atomic E-state index is 0.182. The summed E-state index contributed by atoms with van der Waals surface area (Å²) in [6, 6.07) is 8.34. The summed E-state index contributed by atoms with van der Waals surface area (Å²) in [6.07, 6.45) is -0.850. The lowest BCUT2D eigenvalue weighted by Gasteiger charge is -2.12. The SMILES string of the molecule is O=C1OCC(O)C1NS(=O)(=O)CCCOCc1ccccc1. The number of rotatable bonds is 8. The number of carbonyl (C=O) groups is 1. The van der Waals surface area contributed by atoms with Crippen LogP contribution in [0.15, 0.2) is 30.3 Å². The number of cyclic esters (lactones) is 1. The van der Waals surface area contributed by atoms with Crippen molar-refractivity contribution in [2.24, 2.45) is 0 Å². The second-order valence-corrected chi connectivity index (χ2v) is 6.88. The van der Waals surface area contributed by atoms with Gasteiger partial charge < -0.3 is 14.6 Å². The molecule has 7 nitrogen and oxygen atoms in total. The van der Waals surface area contributed by atoms with Crippen LogP contribution in [0.3, 0.4) is 0 Å². The number of aliphatic hydroxyl groups excluding tert-OH is 1. The van der Waals surface area contributed by atoms with E-state index in [-0.39, 0.29) is 19.0 Å². The third-order valence-electron chi connectivity index (χ3n) is 3.15. The van der Waals surface area contributed by atoms with Gasteiger partial charge in [0.1, 0.15) is 18.8 Å². The number of ether oxygens (including phenoxy) is 2. The molecule has 0 aliphatic carbocycles. The van der Waals surface area contributed by atoms with E-state index < -0.39 is 28.1 Å². The Balaban J connectivity index is 1.68. The minimum Gasteiger partial charge on any atom is -0.462 e. The van der Waals surface area contributed by atoms with Gasteiger partial charge in [-0.05, 0) is 12.0 Å². The molecule has 0 radical (unpaired) electrons. The van der Waals surface area contributed by atoms with Crippen LogP contribution in [0, 0.1) is 0 Å². The van der Waals surface area contributed by atoms with E-state index in [1.807, 2.05) is 30.3 Å². The van der Waals surface area contributed by atoms with E-state index in [1.165, 1.54) is 0 Å². The Morgan fingerprint density at radius 2 is 2.05 bits per heavy atom. The zero-order valence-corrected chi connectivity index (χ0v) is 12.8. The molecule has 1 aliphatic heterocycles. The first-order valence-electron chi connectivity index (χ1n) is 6.94. The van der Waals surface area contributed by atoms with E-state index in [1.54, 1.807) is 0 Å². The Kier molecular flexibility index (Phi) is 5.90. The highest BCUT2D eigenvalue weighted by Crippen LogP contribution is 2.09. The maximum atomic E-state index is 11.8. The molecule has 2 N–H and O–H groups in total. The van der Waals surface area contributed by atoms with Gasteiger partial charge in [0.05, 0.1) is 12.4 Å². The fraction of sp³-hybridized carbons (Fsp3) is 0.500. The van der Waals surface area contributed by atoms with Crippen LogP contribution in [-0.2, 0) is 30.9 Å². The molecule has 2 rings (SSSR count). The Morgan fingerprint density at radius 1 is 1.32 bits per heavy atom. The Bertz CT molecular complexity index is 589. The van der Waals surface area contributed by atoms with Crippen molar-refractivity contribution < 1.29 is 27.8 Å². The van der Waals surface area contributed by atoms with Crippen molar-refractivity contribution in [2.45, 2.75) is 25.2 Å². The summed E-state index contributed by atoms with van der Waals surface area (Å²) in [7, 11) is -3.67. The molecule has 1 aliphatic rings. The average molecular weight is 329 g/mol. The molecule has 1 saturated heterocycles. The van der Waals surface area contributed by atoms with Gasteiger partial charge in [0.25, 0.3) is 0 Å². The first kappa shape index (κ1) is 16.9. The van der Waals surface area contributed by atoms with Gasteiger partial charge in [-0.1, -0.05) is 30.3 Å². The predicted octanol–water partition coefficient (Wildman–Crippen LogP) is -0.201. The lowest BCUT2D eigenvalue weighted by molar-refractivity contribution is -0.139. The molecular formula is C14H19NO6S. The second-order valence-electron chi connectivity index (χ2n) is 5.00. The maximum Gasteiger partial charge on any atom is 0.327 e. The van der Waals surface area contributed by atoms with Crippen molar-refractivity contribution >= 4 is 16.0 Å². The van der Waals surface area contributed by atoms with Gasteiger partial charge in [-0.25, -0.2) is 8.42 Å². The van der Waals surface area contributed by atoms with Gasteiger partial charge in [-0.3, -0.25) is 4.79 Å². The number of hydrogen-bond donors (Lipinski definition) is 2. The number of nitrogens with one attached hydrogen (secondary N) is 1. The first-order chi connectivity index (χ1) is 10.5. The molecule has 22 heavy (non-hydrogen) atoms. The number of aliphatic hydroxyl groups is 1. The van der Waals surface area contributed by atoms with Crippen molar-refractivity contribution in [3.8, 4) is 0 Å². The smallest absolute Gasteiger partial charge is 0.327 e. The van der Waals surface area contributed by atoms with E-state index in [2.05, 4.69) is 9.46 Å². The van der Waals surface area contributed by atoms with Gasteiger partial charge in [0, 0.05) is 6.61 Å². The van der Waals surface area contributed by atoms with Crippen LogP contribution in [-0.4, -0.2) is 50.6 Å². The van der Waals surface area contributed by atoms with Crippen LogP contribution in [0.25, 0.3) is 0 Å². The minimum atomic E-state index is -3.67. The van der Waals surface area contributed by atoms with Gasteiger partial charge >= 0.3 is 5.97 Å². The molecule has 0 bridgehead atoms. The quantitative estimate of drug-likeness (QED) is 0.506. The van der Waals surface area contributed by atoms with Gasteiger partial charge in [-0.2, -0.15) is 4.72 Å². The van der Waals surface area contributed by atoms with Crippen LogP contribution in [0.1, 0.15) is 12.0 Å². The highest BCUT2D eigenvalue weighted by atomic mass is 32.2. The van der Waals surface area contributed by atoms with Gasteiger partial charge in [-0.15, -0.1) is 0 Å². The topological polar surface area (TPSA) is 102 Å². The fourth-order valence-electron chi connectivity index (χ4n) is 2.00. The highest BCUT2D eigenvalue weighted by Gasteiger charge is 2.38. The molecular weight excluding hydrogens is 310 g/mol. The second kappa shape index (κ2) is 7.68. The Morgan fingerprint density at radius 3 is 2.68 bits per heavy atom. The molecule has 1 fully saturated rings. The molecule has 0 aromatic heterocycles. The number of benzene rings is 1. The van der Waals surface area contributed by atoms with E-state index in [0.29, 0.717) is 13.0 Å². The van der Waals surface area contributed by atoms with E-state index in [4.69, 9.17) is 4.74 Å². The summed E-state index contributed by atoms with van der Waals surface area (Å²) in [4.78, 5) is 11.3. The number of hydrogen-bond acceptors (Lipinski definition) is 6. The molecule has 0 amide bonds. The van der Waals surface area contributed by atoms with Crippen molar-refractivity contribution in [2.75, 3.05) is 19.0 Å². The van der Waals surface area contributed by atoms with Crippen LogP contribution in [0.5, 0.6) is 0 Å². The third kappa shape index (κ3) is 5.06. The lowest BCUT2D eigenvalue weighted by Crippen LogP contribution is -2.45. The zero-order valence-electron chi connectivity index (χ0n) is 12.0. The average Bonchev–Trinajstić information content (AvgIpc) is 2.79. The van der Waals surface area contributed by atoms with Crippen molar-refractivity contribution in [3.05, 3.63) is 35.9 Å². The van der Waals surface area contributed by atoms with Gasteiger partial charge in [0.2, 0.25) is 10.0 Å². The summed E-state index contributed by atoms with van der Waals surface area (Å²) in [6.45, 7) is 0.516. The Hall–Kier alpha value is -1.48. The number of carbonyl (C=O) groups excluding carboxylic acids is 1. The van der Waals surface area contributed by atoms with Crippen LogP contribution in [0.4, 0.5) is 0 Å². The summed E-state index contributed by atoms with van der Waals surface area (Å²) < 4.78 is 35.8. The summed E-state index contributed by atoms with van der Waals surface area (Å²) in [5.41, 5.74) is 1.01. The van der Waals surface area contributed by atoms with E-state index >= 15 is 0 Å². The molecule has 122 valence electrons. The summed E-state index contributed by atoms with van der Waals surface area (Å²) in [5.74, 6) is -0.936. The van der Waals surface area contributed by atoms with Crippen LogP contribution < -0.4 is 4.72 Å². The standard InChI is InChI=1S/C14H19NO6S/c16-12-10-21-14(17)13(12)15-22(18,19)8-4-7-20-9-11-5-2-1-3-6-11/h1-3,5-6,12-13,15-16H,4,7-10H2. The molecule has 1 heterocycles. The predicted molar refractivity (Wildman–Crippen MR) is 78.4 cm³/mol. The monoisotopic (exact) mass is 329 g/mol. The van der Waals surface area contributed by atoms with Crippen molar-refractivity contribution in [1.82, 2.24) is 4.72 Å². The largest absolute Gasteiger partial charge is 0.462 e. The van der Waals surface area contributed by atoms with Crippen LogP contribution in [0.2, 0.25) is 0 Å². The first-order valence-corrected chi connectivity index (χ1v) is 8.59. The van der Waals surface area contributed by atoms with Crippen molar-refractivity contribution in [3.63, 3.8) is 0 Å². The molecule has 2 atom stereocenters. The number of esters is 1. The summed E-state index contributed by atoms with van der Waals surface area (Å²) >= 11 is 0. The van der Waals surface area contributed by atoms with E-state index in [9.17, 15) is 18.3 Å². The molecule has 0 saturated carbocycles. The van der Waals surface area contributed by atoms with Gasteiger partial charge in [0.15, 0.2) is 0 Å². The molecule has 1 aromatic carbocycles. The number of sulfonamides is 1. The highest BCUT2D eigenvalue weighted by molar-refractivity contribution is 7.89. The zero-order chi connectivity index (χ0) is 16.0. The normalized spacial score (nSPS) is 21.8. The van der Waals surface area contributed by atoms with E-state index in [0.717, 1.165) is 5.56 Å². The molecule has 8 heteroatoms. The van der Waals surface area contributed by atoms with Crippen molar-refractivity contribution in [1.29, 1.82) is 0 Å². The fourth-order valence-corrected chi connectivity index (χ4v) is 3.26. The lowest BCUT2D eigenvalue weighted by atomic mass is 10.2.